The van der Waals surface area contributed by atoms with Crippen LogP contribution in [-0.2, 0) is 10.3 Å². The van der Waals surface area contributed by atoms with Gasteiger partial charge >= 0.3 is 71.1 Å². The minimum atomic E-state index is -4.17. The summed E-state index contributed by atoms with van der Waals surface area (Å²) in [4.78, 5) is 0. The van der Waals surface area contributed by atoms with E-state index >= 15 is 0 Å². The van der Waals surface area contributed by atoms with Gasteiger partial charge in [0.1, 0.15) is 0 Å². The van der Waals surface area contributed by atoms with E-state index in [1.54, 1.807) is 0 Å². The van der Waals surface area contributed by atoms with Gasteiger partial charge in [-0.25, -0.2) is 5.14 Å². The third-order valence-corrected chi connectivity index (χ3v) is 0. The summed E-state index contributed by atoms with van der Waals surface area (Å²) in [6, 6.07) is 0. The van der Waals surface area contributed by atoms with Crippen LogP contribution in [0.4, 0.5) is 0 Å². The average Bonchev–Trinajstić information content (AvgIpc) is 0.722. The fourth-order valence-corrected chi connectivity index (χ4v) is 0. The van der Waals surface area contributed by atoms with Gasteiger partial charge < -0.3 is 0 Å². The molecule has 0 radical (unpaired) electrons. The molecule has 0 rings (SSSR count). The standard InChI is InChI=1S/Ca.Mg.H3NO3S.4H/c;;1-5(2,3)4;;;;/h;;(H3,1,2,3,4);;;;. The van der Waals surface area contributed by atoms with E-state index in [1.165, 1.54) is 0 Å². The summed E-state index contributed by atoms with van der Waals surface area (Å²) in [6.07, 6.45) is 0. The minimum Gasteiger partial charge on any atom is 0.316 e. The van der Waals surface area contributed by atoms with Gasteiger partial charge in [0, 0.05) is 0 Å². The molecule has 0 aliphatic rings. The van der Waals surface area contributed by atoms with Crippen molar-refractivity contribution in [3.63, 3.8) is 0 Å². The third-order valence-electron chi connectivity index (χ3n) is 0. The molecule has 0 atom stereocenters. The zero-order valence-electron chi connectivity index (χ0n) is 2.25. The Balaban J connectivity index is -0.0000000800. The van der Waals surface area contributed by atoms with Crippen LogP contribution in [0.2, 0.25) is 0 Å². The summed E-state index contributed by atoms with van der Waals surface area (Å²) in [5.41, 5.74) is 0. The molecule has 0 aromatic carbocycles. The predicted octanol–water partition coefficient (Wildman–Crippen LogP) is -3.08. The maximum Gasteiger partial charge on any atom is 0.316 e. The Morgan fingerprint density at radius 1 is 1.43 bits per heavy atom. The Bertz CT molecular complexity index is 98.1. The van der Waals surface area contributed by atoms with Gasteiger partial charge in [-0.05, 0) is 0 Å². The summed E-state index contributed by atoms with van der Waals surface area (Å²) in [6.45, 7) is 0. The van der Waals surface area contributed by atoms with Gasteiger partial charge in [-0.3, -0.25) is 4.55 Å². The molecule has 0 aliphatic carbocycles. The predicted molar refractivity (Wildman–Crippen MR) is 32.8 cm³/mol. The molecule has 3 N–H and O–H groups in total. The molecule has 7 heavy (non-hydrogen) atoms. The molecule has 0 unspecified atom stereocenters. The molecule has 4 nitrogen and oxygen atoms in total. The molecule has 0 amide bonds. The van der Waals surface area contributed by atoms with Crippen molar-refractivity contribution in [1.29, 1.82) is 0 Å². The zero-order chi connectivity index (χ0) is 4.50. The van der Waals surface area contributed by atoms with E-state index in [4.69, 9.17) is 13.0 Å². The fourth-order valence-electron chi connectivity index (χ4n) is 0. The largest absolute Gasteiger partial charge is 0.316 e. The molecule has 7 heteroatoms. The van der Waals surface area contributed by atoms with Crippen LogP contribution in [0, 0.1) is 0 Å². The van der Waals surface area contributed by atoms with Crippen molar-refractivity contribution in [2.75, 3.05) is 0 Å². The molecule has 0 saturated heterocycles. The number of nitrogens with two attached hydrogens (primary N) is 1. The normalized spacial score (nSPS) is 8.29. The van der Waals surface area contributed by atoms with E-state index in [-0.39, 0.29) is 60.8 Å². The summed E-state index contributed by atoms with van der Waals surface area (Å²) in [7, 11) is -4.17. The van der Waals surface area contributed by atoms with E-state index in [1.807, 2.05) is 0 Å². The quantitative estimate of drug-likeness (QED) is 0.295. The topological polar surface area (TPSA) is 80.4 Å². The van der Waals surface area contributed by atoms with E-state index in [9.17, 15) is 0 Å². The molecule has 0 heterocycles. The first kappa shape index (κ1) is 16.0. The molecule has 0 spiro atoms. The molecule has 40 valence electrons. The summed E-state index contributed by atoms with van der Waals surface area (Å²) in [5, 5.41) is 3.88. The van der Waals surface area contributed by atoms with Crippen LogP contribution in [0.5, 0.6) is 0 Å². The molecule has 0 bridgehead atoms. The molecule has 0 fully saturated rings. The number of hydrogen-bond donors (Lipinski definition) is 2. The van der Waals surface area contributed by atoms with Crippen molar-refractivity contribution >= 4 is 71.1 Å². The summed E-state index contributed by atoms with van der Waals surface area (Å²) in [5.74, 6) is 0. The maximum atomic E-state index is 8.97. The van der Waals surface area contributed by atoms with Crippen molar-refractivity contribution in [2.45, 2.75) is 0 Å². The molecule has 0 aliphatic heterocycles. The minimum absolute atomic E-state index is 0. The second-order valence-corrected chi connectivity index (χ2v) is 1.54. The third kappa shape index (κ3) is 76.4. The molecule has 0 aromatic rings. The molecular formula is H7CaMgNO3S. The van der Waals surface area contributed by atoms with Crippen LogP contribution < -0.4 is 5.14 Å². The van der Waals surface area contributed by atoms with E-state index in [0.29, 0.717) is 0 Å². The van der Waals surface area contributed by atoms with Gasteiger partial charge in [-0.15, -0.1) is 0 Å². The van der Waals surface area contributed by atoms with Gasteiger partial charge in [0.25, 0.3) is 0 Å². The van der Waals surface area contributed by atoms with Crippen LogP contribution in [0.15, 0.2) is 0 Å². The Labute approximate surface area is 87.9 Å². The van der Waals surface area contributed by atoms with Gasteiger partial charge in [0.2, 0.25) is 0 Å². The van der Waals surface area contributed by atoms with Crippen LogP contribution in [0.25, 0.3) is 0 Å². The van der Waals surface area contributed by atoms with Crippen molar-refractivity contribution in [2.24, 2.45) is 5.14 Å². The fraction of sp³-hybridized carbons (Fsp3) is 0. The Hall–Kier alpha value is 1.90. The second-order valence-electron chi connectivity index (χ2n) is 0.515. The second kappa shape index (κ2) is 6.02. The van der Waals surface area contributed by atoms with Crippen LogP contribution in [-0.4, -0.2) is 73.8 Å². The van der Waals surface area contributed by atoms with Crippen LogP contribution >= 0.6 is 0 Å². The Morgan fingerprint density at radius 2 is 1.43 bits per heavy atom. The van der Waals surface area contributed by atoms with Crippen molar-refractivity contribution < 1.29 is 13.0 Å². The maximum absolute atomic E-state index is 8.97. The first-order valence-electron chi connectivity index (χ1n) is 0.752. The zero-order valence-corrected chi connectivity index (χ0v) is 3.07. The smallest absolute Gasteiger partial charge is 0.316 e. The average molecular weight is 166 g/mol. The Kier molecular flexibility index (Phi) is 13.7. The van der Waals surface area contributed by atoms with Gasteiger partial charge in [0.05, 0.1) is 0 Å². The van der Waals surface area contributed by atoms with E-state index < -0.39 is 10.3 Å². The van der Waals surface area contributed by atoms with Crippen molar-refractivity contribution in [3.8, 4) is 0 Å². The molecule has 0 saturated carbocycles. The van der Waals surface area contributed by atoms with Crippen LogP contribution in [0.1, 0.15) is 0 Å². The van der Waals surface area contributed by atoms with Crippen LogP contribution in [0.3, 0.4) is 0 Å². The summed E-state index contributed by atoms with van der Waals surface area (Å²) >= 11 is 0. The van der Waals surface area contributed by atoms with E-state index in [0.717, 1.165) is 0 Å². The monoisotopic (exact) mass is 165 g/mol. The van der Waals surface area contributed by atoms with E-state index in [2.05, 4.69) is 5.14 Å². The first-order chi connectivity index (χ1) is 2.00. The van der Waals surface area contributed by atoms with Gasteiger partial charge in [-0.1, -0.05) is 0 Å². The first-order valence-corrected chi connectivity index (χ1v) is 2.25. The Morgan fingerprint density at radius 3 is 1.43 bits per heavy atom. The van der Waals surface area contributed by atoms with Gasteiger partial charge in [-0.2, -0.15) is 8.42 Å². The summed E-state index contributed by atoms with van der Waals surface area (Å²) < 4.78 is 25.2. The van der Waals surface area contributed by atoms with Crippen molar-refractivity contribution in [1.82, 2.24) is 0 Å². The van der Waals surface area contributed by atoms with Gasteiger partial charge in [0.15, 0.2) is 0 Å². The van der Waals surface area contributed by atoms with Crippen molar-refractivity contribution in [3.05, 3.63) is 0 Å². The number of rotatable bonds is 0. The number of hydrogen-bond acceptors (Lipinski definition) is 2. The molecule has 0 aromatic heterocycles. The SMILES string of the molecule is NS(=O)(=O)O.[CaH2].[MgH2]. The molecular weight excluding hydrogens is 158 g/mol.